The average Bonchev–Trinajstić information content (AvgIpc) is 2.44. The molecule has 122 valence electrons. The van der Waals surface area contributed by atoms with Crippen LogP contribution in [0.25, 0.3) is 0 Å². The van der Waals surface area contributed by atoms with Crippen molar-refractivity contribution in [3.05, 3.63) is 28.6 Å². The molecule has 8 heteroatoms. The smallest absolute Gasteiger partial charge is 0.341 e. The van der Waals surface area contributed by atoms with Gasteiger partial charge in [0, 0.05) is 5.54 Å². The lowest BCUT2D eigenvalue weighted by Crippen LogP contribution is -2.29. The first-order chi connectivity index (χ1) is 10.0. The van der Waals surface area contributed by atoms with E-state index in [4.69, 9.17) is 0 Å². The van der Waals surface area contributed by atoms with Gasteiger partial charge in [0.15, 0.2) is 17.5 Å². The van der Waals surface area contributed by atoms with Gasteiger partial charge in [-0.25, -0.2) is 22.8 Å². The van der Waals surface area contributed by atoms with E-state index in [-0.39, 0.29) is 0 Å². The molecule has 0 aliphatic carbocycles. The molecule has 0 unspecified atom stereocenters. The Balaban J connectivity index is 3.77. The third-order valence-corrected chi connectivity index (χ3v) is 2.60. The highest BCUT2D eigenvalue weighted by molar-refractivity contribution is 6.04. The van der Waals surface area contributed by atoms with E-state index in [0.29, 0.717) is 0 Å². The number of esters is 2. The van der Waals surface area contributed by atoms with E-state index in [0.717, 1.165) is 14.2 Å². The SMILES string of the molecule is COC(=O)c1c(F)c(F)c(NC(C)(C)C)c(F)c1C(=O)OC. The fraction of sp³-hybridized carbons (Fsp3) is 0.429. The van der Waals surface area contributed by atoms with Gasteiger partial charge < -0.3 is 14.8 Å². The van der Waals surface area contributed by atoms with Crippen molar-refractivity contribution in [3.63, 3.8) is 0 Å². The number of anilines is 1. The Morgan fingerprint density at radius 1 is 0.864 bits per heavy atom. The zero-order valence-corrected chi connectivity index (χ0v) is 12.8. The van der Waals surface area contributed by atoms with Crippen LogP contribution < -0.4 is 5.32 Å². The molecule has 1 N–H and O–H groups in total. The summed E-state index contributed by atoms with van der Waals surface area (Å²) in [7, 11) is 1.81. The Labute approximate surface area is 125 Å². The second-order valence-corrected chi connectivity index (χ2v) is 5.43. The number of carbonyl (C=O) groups excluding carboxylic acids is 2. The molecule has 0 aromatic heterocycles. The largest absolute Gasteiger partial charge is 0.465 e. The molecule has 22 heavy (non-hydrogen) atoms. The van der Waals surface area contributed by atoms with Gasteiger partial charge in [-0.2, -0.15) is 0 Å². The maximum absolute atomic E-state index is 14.5. The first-order valence-corrected chi connectivity index (χ1v) is 6.20. The second kappa shape index (κ2) is 6.25. The minimum Gasteiger partial charge on any atom is -0.465 e. The maximum Gasteiger partial charge on any atom is 0.341 e. The zero-order valence-electron chi connectivity index (χ0n) is 12.8. The Hall–Kier alpha value is -2.25. The molecule has 0 fully saturated rings. The molecule has 0 saturated heterocycles. The number of hydrogen-bond acceptors (Lipinski definition) is 5. The van der Waals surface area contributed by atoms with Crippen molar-refractivity contribution in [2.75, 3.05) is 19.5 Å². The third-order valence-electron chi connectivity index (χ3n) is 2.60. The monoisotopic (exact) mass is 319 g/mol. The van der Waals surface area contributed by atoms with Crippen LogP contribution in [0.2, 0.25) is 0 Å². The lowest BCUT2D eigenvalue weighted by Gasteiger charge is -2.24. The summed E-state index contributed by atoms with van der Waals surface area (Å²) in [5.41, 5.74) is -3.87. The third kappa shape index (κ3) is 3.32. The van der Waals surface area contributed by atoms with Crippen molar-refractivity contribution < 1.29 is 32.2 Å². The van der Waals surface area contributed by atoms with Crippen LogP contribution in [0.5, 0.6) is 0 Å². The van der Waals surface area contributed by atoms with Gasteiger partial charge in [0.1, 0.15) is 16.8 Å². The summed E-state index contributed by atoms with van der Waals surface area (Å²) >= 11 is 0. The van der Waals surface area contributed by atoms with Crippen molar-refractivity contribution >= 4 is 17.6 Å². The highest BCUT2D eigenvalue weighted by atomic mass is 19.2. The van der Waals surface area contributed by atoms with Gasteiger partial charge in [0.25, 0.3) is 0 Å². The molecule has 0 aliphatic heterocycles. The van der Waals surface area contributed by atoms with Gasteiger partial charge in [0.2, 0.25) is 0 Å². The predicted octanol–water partition coefficient (Wildman–Crippen LogP) is 2.89. The van der Waals surface area contributed by atoms with Gasteiger partial charge in [0.05, 0.1) is 14.2 Å². The van der Waals surface area contributed by atoms with Gasteiger partial charge >= 0.3 is 11.9 Å². The maximum atomic E-state index is 14.5. The van der Waals surface area contributed by atoms with E-state index in [2.05, 4.69) is 14.8 Å². The summed E-state index contributed by atoms with van der Waals surface area (Å²) in [6.45, 7) is 4.74. The Kier molecular flexibility index (Phi) is 5.05. The summed E-state index contributed by atoms with van der Waals surface area (Å²) in [5, 5.41) is 2.41. The lowest BCUT2D eigenvalue weighted by molar-refractivity contribution is 0.0545. The van der Waals surface area contributed by atoms with Gasteiger partial charge in [-0.1, -0.05) is 0 Å². The molecule has 0 radical (unpaired) electrons. The first-order valence-electron chi connectivity index (χ1n) is 6.20. The summed E-state index contributed by atoms with van der Waals surface area (Å²) < 4.78 is 51.2. The van der Waals surface area contributed by atoms with E-state index in [1.54, 1.807) is 20.8 Å². The van der Waals surface area contributed by atoms with Crippen molar-refractivity contribution in [1.82, 2.24) is 0 Å². The molecule has 0 atom stereocenters. The van der Waals surface area contributed by atoms with Crippen LogP contribution in [0.4, 0.5) is 18.9 Å². The number of carbonyl (C=O) groups is 2. The molecule has 0 heterocycles. The summed E-state index contributed by atoms with van der Waals surface area (Å²) in [4.78, 5) is 23.2. The highest BCUT2D eigenvalue weighted by Gasteiger charge is 2.34. The van der Waals surface area contributed by atoms with E-state index in [9.17, 15) is 22.8 Å². The van der Waals surface area contributed by atoms with Gasteiger partial charge in [-0.15, -0.1) is 0 Å². The minimum absolute atomic E-state index is 0.825. The Morgan fingerprint density at radius 3 is 1.64 bits per heavy atom. The van der Waals surface area contributed by atoms with Crippen LogP contribution in [0.3, 0.4) is 0 Å². The molecule has 0 bridgehead atoms. The number of hydrogen-bond donors (Lipinski definition) is 1. The van der Waals surface area contributed by atoms with Crippen molar-refractivity contribution in [3.8, 4) is 0 Å². The van der Waals surface area contributed by atoms with E-state index in [1.165, 1.54) is 0 Å². The molecular formula is C14H16F3NO4. The van der Waals surface area contributed by atoms with Crippen molar-refractivity contribution in [2.24, 2.45) is 0 Å². The molecule has 0 aliphatic rings. The number of benzene rings is 1. The quantitative estimate of drug-likeness (QED) is 0.685. The van der Waals surface area contributed by atoms with E-state index < -0.39 is 51.7 Å². The number of nitrogens with one attached hydrogen (secondary N) is 1. The topological polar surface area (TPSA) is 64.6 Å². The summed E-state index contributed by atoms with van der Waals surface area (Å²) in [6, 6.07) is 0. The number of methoxy groups -OCH3 is 2. The van der Waals surface area contributed by atoms with Crippen molar-refractivity contribution in [2.45, 2.75) is 26.3 Å². The molecule has 0 spiro atoms. The summed E-state index contributed by atoms with van der Waals surface area (Å²) in [5.74, 6) is -7.46. The Bertz CT molecular complexity index is 624. The van der Waals surface area contributed by atoms with Crippen LogP contribution in [-0.4, -0.2) is 31.7 Å². The van der Waals surface area contributed by atoms with Crippen LogP contribution in [0.1, 0.15) is 41.5 Å². The predicted molar refractivity (Wildman–Crippen MR) is 72.4 cm³/mol. The van der Waals surface area contributed by atoms with E-state index >= 15 is 0 Å². The fourth-order valence-electron chi connectivity index (χ4n) is 1.73. The molecule has 1 rings (SSSR count). The van der Waals surface area contributed by atoms with Crippen LogP contribution in [0.15, 0.2) is 0 Å². The van der Waals surface area contributed by atoms with E-state index in [1.807, 2.05) is 0 Å². The Morgan fingerprint density at radius 2 is 1.27 bits per heavy atom. The molecule has 5 nitrogen and oxygen atoms in total. The van der Waals surface area contributed by atoms with Crippen LogP contribution in [-0.2, 0) is 9.47 Å². The molecule has 0 amide bonds. The molecular weight excluding hydrogens is 303 g/mol. The van der Waals surface area contributed by atoms with Gasteiger partial charge in [-0.3, -0.25) is 0 Å². The fourth-order valence-corrected chi connectivity index (χ4v) is 1.73. The zero-order chi connectivity index (χ0) is 17.2. The normalized spacial score (nSPS) is 11.1. The number of halogens is 3. The molecule has 1 aromatic carbocycles. The summed E-state index contributed by atoms with van der Waals surface area (Å²) in [6.07, 6.45) is 0. The molecule has 1 aromatic rings. The minimum atomic E-state index is -1.69. The van der Waals surface area contributed by atoms with Crippen molar-refractivity contribution in [1.29, 1.82) is 0 Å². The van der Waals surface area contributed by atoms with Crippen LogP contribution >= 0.6 is 0 Å². The van der Waals surface area contributed by atoms with Gasteiger partial charge in [-0.05, 0) is 20.8 Å². The second-order valence-electron chi connectivity index (χ2n) is 5.43. The number of rotatable bonds is 3. The average molecular weight is 319 g/mol. The molecule has 0 saturated carbocycles. The standard InChI is InChI=1S/C14H16F3NO4/c1-14(2,3)18-11-9(16)7(13(20)22-5)6(12(19)21-4)8(15)10(11)17/h18H,1-5H3. The highest BCUT2D eigenvalue weighted by Crippen LogP contribution is 2.32. The first kappa shape index (κ1) is 17.8. The lowest BCUT2D eigenvalue weighted by atomic mass is 10.0. The number of ether oxygens (including phenoxy) is 2. The van der Waals surface area contributed by atoms with Crippen LogP contribution in [0, 0.1) is 17.5 Å².